The summed E-state index contributed by atoms with van der Waals surface area (Å²) in [4.78, 5) is 12.4. The van der Waals surface area contributed by atoms with Crippen LogP contribution in [-0.4, -0.2) is 20.6 Å². The van der Waals surface area contributed by atoms with Gasteiger partial charge in [-0.15, -0.1) is 0 Å². The van der Waals surface area contributed by atoms with Crippen molar-refractivity contribution >= 4 is 33.2 Å². The van der Waals surface area contributed by atoms with E-state index in [-0.39, 0.29) is 22.5 Å². The van der Waals surface area contributed by atoms with E-state index in [0.717, 1.165) is 18.2 Å². The largest absolute Gasteiger partial charge is 0.345 e. The number of carbonyl (C=O) groups is 1. The van der Waals surface area contributed by atoms with Crippen LogP contribution in [0.25, 0.3) is 0 Å². The zero-order valence-electron chi connectivity index (χ0n) is 14.3. The molecule has 0 aromatic heterocycles. The Morgan fingerprint density at radius 3 is 2.32 bits per heavy atom. The fourth-order valence-electron chi connectivity index (χ4n) is 2.38. The highest BCUT2D eigenvalue weighted by Gasteiger charge is 2.15. The summed E-state index contributed by atoms with van der Waals surface area (Å²) >= 11 is 6.13. The zero-order valence-corrected chi connectivity index (χ0v) is 15.9. The number of benzene rings is 2. The quantitative estimate of drug-likeness (QED) is 0.801. The van der Waals surface area contributed by atoms with Crippen LogP contribution in [0.5, 0.6) is 0 Å². The van der Waals surface area contributed by atoms with E-state index < -0.39 is 10.0 Å². The molecule has 2 aromatic carbocycles. The Balaban J connectivity index is 2.11. The molecule has 5 nitrogen and oxygen atoms in total. The summed E-state index contributed by atoms with van der Waals surface area (Å²) in [5, 5.41) is 3.08. The molecule has 0 fully saturated rings. The molecule has 0 aliphatic rings. The number of nitrogens with one attached hydrogen (secondary N) is 2. The molecule has 25 heavy (non-hydrogen) atoms. The van der Waals surface area contributed by atoms with E-state index in [2.05, 4.69) is 17.0 Å². The SMILES string of the molecule is CCc1ccc([C@H](C)NC(=O)c2ccc(NS(C)(=O)=O)cc2Cl)cc1. The number of anilines is 1. The average molecular weight is 381 g/mol. The van der Waals surface area contributed by atoms with Gasteiger partial charge in [0.1, 0.15) is 0 Å². The highest BCUT2D eigenvalue weighted by atomic mass is 35.5. The number of hydrogen-bond acceptors (Lipinski definition) is 3. The molecule has 1 amide bonds. The van der Waals surface area contributed by atoms with Crippen LogP contribution in [0.4, 0.5) is 5.69 Å². The normalized spacial score (nSPS) is 12.5. The van der Waals surface area contributed by atoms with Crippen LogP contribution in [-0.2, 0) is 16.4 Å². The van der Waals surface area contributed by atoms with Crippen LogP contribution >= 0.6 is 11.6 Å². The third-order valence-corrected chi connectivity index (χ3v) is 4.67. The van der Waals surface area contributed by atoms with Gasteiger partial charge in [-0.1, -0.05) is 42.8 Å². The van der Waals surface area contributed by atoms with Gasteiger partial charge in [0.05, 0.1) is 22.9 Å². The maximum Gasteiger partial charge on any atom is 0.253 e. The lowest BCUT2D eigenvalue weighted by molar-refractivity contribution is 0.0940. The first-order valence-electron chi connectivity index (χ1n) is 7.86. The second-order valence-corrected chi connectivity index (χ2v) is 8.01. The minimum atomic E-state index is -3.40. The van der Waals surface area contributed by atoms with Crippen molar-refractivity contribution in [2.45, 2.75) is 26.3 Å². The fourth-order valence-corrected chi connectivity index (χ4v) is 3.20. The van der Waals surface area contributed by atoms with E-state index in [9.17, 15) is 13.2 Å². The number of carbonyl (C=O) groups excluding carboxylic acids is 1. The Morgan fingerprint density at radius 2 is 1.80 bits per heavy atom. The zero-order chi connectivity index (χ0) is 18.6. The highest BCUT2D eigenvalue weighted by molar-refractivity contribution is 7.92. The van der Waals surface area contributed by atoms with Crippen molar-refractivity contribution in [1.82, 2.24) is 5.32 Å². The summed E-state index contributed by atoms with van der Waals surface area (Å²) < 4.78 is 24.8. The molecule has 0 aliphatic carbocycles. The second-order valence-electron chi connectivity index (χ2n) is 5.86. The standard InChI is InChI=1S/C18H21ClN2O3S/c1-4-13-5-7-14(8-6-13)12(2)20-18(22)16-10-9-15(11-17(16)19)21-25(3,23)24/h5-12,21H,4H2,1-3H3,(H,20,22)/t12-/m0/s1. The van der Waals surface area contributed by atoms with Crippen molar-refractivity contribution in [3.8, 4) is 0 Å². The van der Waals surface area contributed by atoms with E-state index in [1.54, 1.807) is 0 Å². The van der Waals surface area contributed by atoms with E-state index in [4.69, 9.17) is 11.6 Å². The molecule has 0 unspecified atom stereocenters. The number of sulfonamides is 1. The van der Waals surface area contributed by atoms with Crippen molar-refractivity contribution in [2.24, 2.45) is 0 Å². The molecule has 0 bridgehead atoms. The van der Waals surface area contributed by atoms with Crippen LogP contribution in [0, 0.1) is 0 Å². The van der Waals surface area contributed by atoms with E-state index in [0.29, 0.717) is 5.69 Å². The summed E-state index contributed by atoms with van der Waals surface area (Å²) in [5.41, 5.74) is 2.83. The Kier molecular flexibility index (Phi) is 6.08. The Morgan fingerprint density at radius 1 is 1.16 bits per heavy atom. The van der Waals surface area contributed by atoms with Crippen molar-refractivity contribution in [3.05, 3.63) is 64.2 Å². The predicted octanol–water partition coefficient (Wildman–Crippen LogP) is 3.76. The van der Waals surface area contributed by atoms with Crippen molar-refractivity contribution < 1.29 is 13.2 Å². The molecule has 2 rings (SSSR count). The molecular weight excluding hydrogens is 360 g/mol. The minimum Gasteiger partial charge on any atom is -0.345 e. The molecule has 0 aliphatic heterocycles. The van der Waals surface area contributed by atoms with Gasteiger partial charge in [0.15, 0.2) is 0 Å². The minimum absolute atomic E-state index is 0.178. The van der Waals surface area contributed by atoms with Crippen molar-refractivity contribution in [3.63, 3.8) is 0 Å². The molecule has 0 radical (unpaired) electrons. The van der Waals surface area contributed by atoms with Crippen molar-refractivity contribution in [2.75, 3.05) is 11.0 Å². The summed E-state index contributed by atoms with van der Waals surface area (Å²) in [6, 6.07) is 12.3. The Labute approximate surface area is 153 Å². The Hall–Kier alpha value is -2.05. The topological polar surface area (TPSA) is 75.3 Å². The summed E-state index contributed by atoms with van der Waals surface area (Å²) in [6.07, 6.45) is 2.01. The highest BCUT2D eigenvalue weighted by Crippen LogP contribution is 2.23. The second kappa shape index (κ2) is 7.89. The maximum atomic E-state index is 12.4. The fraction of sp³-hybridized carbons (Fsp3) is 0.278. The molecule has 0 saturated heterocycles. The number of rotatable bonds is 6. The van der Waals surface area contributed by atoms with Crippen LogP contribution in [0.1, 0.15) is 41.4 Å². The van der Waals surface area contributed by atoms with E-state index in [1.165, 1.54) is 23.8 Å². The van der Waals surface area contributed by atoms with Crippen LogP contribution in [0.3, 0.4) is 0 Å². The van der Waals surface area contributed by atoms with Crippen molar-refractivity contribution in [1.29, 1.82) is 0 Å². The van der Waals surface area contributed by atoms with Gasteiger partial charge in [0.2, 0.25) is 10.0 Å². The van der Waals surface area contributed by atoms with Gasteiger partial charge >= 0.3 is 0 Å². The van der Waals surface area contributed by atoms with Gasteiger partial charge in [-0.2, -0.15) is 0 Å². The summed E-state index contributed by atoms with van der Waals surface area (Å²) in [7, 11) is -3.40. The third kappa shape index (κ3) is 5.47. The predicted molar refractivity (Wildman–Crippen MR) is 102 cm³/mol. The first-order chi connectivity index (χ1) is 11.7. The lowest BCUT2D eigenvalue weighted by Crippen LogP contribution is -2.27. The molecule has 0 heterocycles. The smallest absolute Gasteiger partial charge is 0.253 e. The van der Waals surface area contributed by atoms with Crippen LogP contribution in [0.15, 0.2) is 42.5 Å². The Bertz CT molecular complexity index is 864. The number of halogens is 1. The number of aryl methyl sites for hydroxylation is 1. The molecule has 0 spiro atoms. The molecule has 134 valence electrons. The lowest BCUT2D eigenvalue weighted by atomic mass is 10.0. The van der Waals surface area contributed by atoms with Crippen LogP contribution in [0.2, 0.25) is 5.02 Å². The summed E-state index contributed by atoms with van der Waals surface area (Å²) in [5.74, 6) is -0.317. The van der Waals surface area contributed by atoms with Gasteiger partial charge < -0.3 is 5.32 Å². The first kappa shape index (κ1) is 19.3. The average Bonchev–Trinajstić information content (AvgIpc) is 2.53. The third-order valence-electron chi connectivity index (χ3n) is 3.75. The first-order valence-corrected chi connectivity index (χ1v) is 10.1. The maximum absolute atomic E-state index is 12.4. The molecule has 2 aromatic rings. The van der Waals surface area contributed by atoms with Crippen LogP contribution < -0.4 is 10.0 Å². The van der Waals surface area contributed by atoms with E-state index in [1.807, 2.05) is 31.2 Å². The monoisotopic (exact) mass is 380 g/mol. The summed E-state index contributed by atoms with van der Waals surface area (Å²) in [6.45, 7) is 3.98. The van der Waals surface area contributed by atoms with Gasteiger partial charge in [-0.3, -0.25) is 9.52 Å². The molecule has 7 heteroatoms. The van der Waals surface area contributed by atoms with Gasteiger partial charge in [-0.25, -0.2) is 8.42 Å². The van der Waals surface area contributed by atoms with Gasteiger partial charge in [0.25, 0.3) is 5.91 Å². The number of hydrogen-bond donors (Lipinski definition) is 2. The number of amides is 1. The molecular formula is C18H21ClN2O3S. The van der Waals surface area contributed by atoms with Gasteiger partial charge in [0, 0.05) is 5.69 Å². The molecule has 0 saturated carbocycles. The van der Waals surface area contributed by atoms with Gasteiger partial charge in [-0.05, 0) is 42.7 Å². The lowest BCUT2D eigenvalue weighted by Gasteiger charge is -2.16. The van der Waals surface area contributed by atoms with E-state index >= 15 is 0 Å². The molecule has 1 atom stereocenters. The molecule has 2 N–H and O–H groups in total.